The molecule has 1 fully saturated rings. The number of hydrogen-bond donors (Lipinski definition) is 0. The van der Waals surface area contributed by atoms with E-state index in [1.807, 2.05) is 37.8 Å². The molecule has 1 saturated heterocycles. The number of benzene rings is 1. The molecule has 2 aromatic rings. The van der Waals surface area contributed by atoms with Crippen LogP contribution < -0.4 is 0 Å². The van der Waals surface area contributed by atoms with Gasteiger partial charge in [-0.15, -0.1) is 0 Å². The molecule has 0 radical (unpaired) electrons. The number of aromatic nitrogens is 1. The van der Waals surface area contributed by atoms with Gasteiger partial charge in [0.25, 0.3) is 5.91 Å². The Morgan fingerprint density at radius 2 is 1.93 bits per heavy atom. The molecule has 3 rings (SSSR count). The van der Waals surface area contributed by atoms with Gasteiger partial charge in [-0.1, -0.05) is 37.2 Å². The van der Waals surface area contributed by atoms with Crippen molar-refractivity contribution < 1.29 is 13.7 Å². The Bertz CT molecular complexity index is 779. The van der Waals surface area contributed by atoms with Crippen LogP contribution in [0.5, 0.6) is 0 Å². The highest BCUT2D eigenvalue weighted by Gasteiger charge is 2.28. The smallest absolute Gasteiger partial charge is 0.259 e. The van der Waals surface area contributed by atoms with Gasteiger partial charge in [0.05, 0.1) is 5.69 Å². The average Bonchev–Trinajstić information content (AvgIpc) is 3.05. The zero-order chi connectivity index (χ0) is 19.4. The second-order valence-electron chi connectivity index (χ2n) is 7.49. The average molecular weight is 373 g/mol. The van der Waals surface area contributed by atoms with Crippen molar-refractivity contribution in [2.45, 2.75) is 39.5 Å². The molecule has 2 heterocycles. The molecule has 1 amide bonds. The highest BCUT2D eigenvalue weighted by Crippen LogP contribution is 2.24. The molecule has 0 atom stereocenters. The van der Waals surface area contributed by atoms with E-state index in [0.717, 1.165) is 38.0 Å². The fraction of sp³-hybridized carbons (Fsp3) is 0.524. The number of aryl methyl sites for hydroxylation is 2. The summed E-state index contributed by atoms with van der Waals surface area (Å²) in [5.74, 6) is 0.691. The monoisotopic (exact) mass is 373 g/mol. The molecular weight excluding hydrogens is 345 g/mol. The number of carbonyl (C=O) groups excluding carboxylic acids is 1. The molecule has 0 unspecified atom stereocenters. The van der Waals surface area contributed by atoms with E-state index in [9.17, 15) is 9.18 Å². The molecule has 6 heteroatoms. The van der Waals surface area contributed by atoms with Gasteiger partial charge in [0, 0.05) is 32.1 Å². The fourth-order valence-corrected chi connectivity index (χ4v) is 3.57. The molecule has 0 bridgehead atoms. The summed E-state index contributed by atoms with van der Waals surface area (Å²) in [5.41, 5.74) is 2.06. The van der Waals surface area contributed by atoms with Gasteiger partial charge in [-0.2, -0.15) is 0 Å². The summed E-state index contributed by atoms with van der Waals surface area (Å²) in [7, 11) is 0. The third-order valence-electron chi connectivity index (χ3n) is 5.17. The van der Waals surface area contributed by atoms with E-state index in [2.05, 4.69) is 10.1 Å². The van der Waals surface area contributed by atoms with Crippen LogP contribution in [0.25, 0.3) is 0 Å². The standard InChI is InChI=1S/C21H28FN3O2/c1-15(2)20-19(16(3)23-27-20)21(26)25-13-11-24(12-14-25)10-6-8-17-7-4-5-9-18(17)22/h4-5,7,9,15H,6,8,10-14H2,1-3H3. The molecule has 0 aliphatic carbocycles. The minimum Gasteiger partial charge on any atom is -0.360 e. The van der Waals surface area contributed by atoms with Crippen molar-refractivity contribution in [1.29, 1.82) is 0 Å². The highest BCUT2D eigenvalue weighted by molar-refractivity contribution is 5.96. The molecule has 1 aromatic carbocycles. The molecule has 5 nitrogen and oxygen atoms in total. The van der Waals surface area contributed by atoms with Gasteiger partial charge in [0.2, 0.25) is 0 Å². The maximum Gasteiger partial charge on any atom is 0.259 e. The van der Waals surface area contributed by atoms with Gasteiger partial charge >= 0.3 is 0 Å². The lowest BCUT2D eigenvalue weighted by Crippen LogP contribution is -2.49. The molecule has 1 aliphatic rings. The van der Waals surface area contributed by atoms with E-state index in [0.29, 0.717) is 30.1 Å². The fourth-order valence-electron chi connectivity index (χ4n) is 3.57. The number of carbonyl (C=O) groups is 1. The normalized spacial score (nSPS) is 15.5. The molecule has 1 aliphatic heterocycles. The second-order valence-corrected chi connectivity index (χ2v) is 7.49. The van der Waals surface area contributed by atoms with Crippen molar-refractivity contribution in [1.82, 2.24) is 15.0 Å². The van der Waals surface area contributed by atoms with Gasteiger partial charge in [0.15, 0.2) is 5.76 Å². The highest BCUT2D eigenvalue weighted by atomic mass is 19.1. The van der Waals surface area contributed by atoms with Crippen molar-refractivity contribution in [3.8, 4) is 0 Å². The van der Waals surface area contributed by atoms with Gasteiger partial charge < -0.3 is 9.42 Å². The van der Waals surface area contributed by atoms with Crippen molar-refractivity contribution in [2.75, 3.05) is 32.7 Å². The first-order valence-electron chi connectivity index (χ1n) is 9.68. The van der Waals surface area contributed by atoms with Crippen LogP contribution in [-0.4, -0.2) is 53.6 Å². The van der Waals surface area contributed by atoms with Crippen LogP contribution in [0.15, 0.2) is 28.8 Å². The van der Waals surface area contributed by atoms with Crippen molar-refractivity contribution in [3.05, 3.63) is 52.7 Å². The third-order valence-corrected chi connectivity index (χ3v) is 5.17. The first-order chi connectivity index (χ1) is 13.0. The van der Waals surface area contributed by atoms with Crippen LogP contribution in [0.4, 0.5) is 4.39 Å². The molecule has 146 valence electrons. The molecule has 1 aromatic heterocycles. The number of hydrogen-bond acceptors (Lipinski definition) is 4. The largest absolute Gasteiger partial charge is 0.360 e. The van der Waals surface area contributed by atoms with E-state index in [4.69, 9.17) is 4.52 Å². The Hall–Kier alpha value is -2.21. The maximum absolute atomic E-state index is 13.7. The van der Waals surface area contributed by atoms with E-state index in [1.54, 1.807) is 6.07 Å². The summed E-state index contributed by atoms with van der Waals surface area (Å²) in [6.07, 6.45) is 1.65. The lowest BCUT2D eigenvalue weighted by molar-refractivity contribution is 0.0632. The van der Waals surface area contributed by atoms with E-state index in [1.165, 1.54) is 6.07 Å². The van der Waals surface area contributed by atoms with Crippen LogP contribution in [-0.2, 0) is 6.42 Å². The minimum atomic E-state index is -0.127. The number of halogens is 1. The van der Waals surface area contributed by atoms with E-state index < -0.39 is 0 Å². The quantitative estimate of drug-likeness (QED) is 0.776. The Balaban J connectivity index is 1.50. The summed E-state index contributed by atoms with van der Waals surface area (Å²) >= 11 is 0. The Kier molecular flexibility index (Phi) is 6.26. The number of amides is 1. The minimum absolute atomic E-state index is 0.0171. The number of piperazine rings is 1. The van der Waals surface area contributed by atoms with Crippen LogP contribution in [0.1, 0.15) is 53.6 Å². The zero-order valence-corrected chi connectivity index (χ0v) is 16.4. The molecule has 0 saturated carbocycles. The van der Waals surface area contributed by atoms with Crippen LogP contribution in [0, 0.1) is 12.7 Å². The first-order valence-corrected chi connectivity index (χ1v) is 9.68. The van der Waals surface area contributed by atoms with Crippen molar-refractivity contribution >= 4 is 5.91 Å². The van der Waals surface area contributed by atoms with E-state index >= 15 is 0 Å². The summed E-state index contributed by atoms with van der Waals surface area (Å²) in [6, 6.07) is 6.95. The summed E-state index contributed by atoms with van der Waals surface area (Å²) in [4.78, 5) is 17.1. The van der Waals surface area contributed by atoms with Gasteiger partial charge in [-0.05, 0) is 37.9 Å². The predicted octanol–water partition coefficient (Wildman–Crippen LogP) is 3.64. The Morgan fingerprint density at radius 3 is 2.59 bits per heavy atom. The lowest BCUT2D eigenvalue weighted by Gasteiger charge is -2.34. The van der Waals surface area contributed by atoms with Crippen LogP contribution in [0.2, 0.25) is 0 Å². The summed E-state index contributed by atoms with van der Waals surface area (Å²) in [6.45, 7) is 9.81. The van der Waals surface area contributed by atoms with Crippen LogP contribution >= 0.6 is 0 Å². The van der Waals surface area contributed by atoms with Gasteiger partial charge in [-0.3, -0.25) is 9.69 Å². The van der Waals surface area contributed by atoms with Crippen LogP contribution in [0.3, 0.4) is 0 Å². The van der Waals surface area contributed by atoms with Crippen molar-refractivity contribution in [3.63, 3.8) is 0 Å². The topological polar surface area (TPSA) is 49.6 Å². The number of nitrogens with zero attached hydrogens (tertiary/aromatic N) is 3. The first kappa shape index (κ1) is 19.5. The predicted molar refractivity (Wildman–Crippen MR) is 102 cm³/mol. The van der Waals surface area contributed by atoms with Gasteiger partial charge in [-0.25, -0.2) is 4.39 Å². The SMILES string of the molecule is Cc1noc(C(C)C)c1C(=O)N1CCN(CCCc2ccccc2F)CC1. The molecule has 0 spiro atoms. The Labute approximate surface area is 160 Å². The third kappa shape index (κ3) is 4.56. The van der Waals surface area contributed by atoms with Gasteiger partial charge in [0.1, 0.15) is 11.4 Å². The second kappa shape index (κ2) is 8.65. The summed E-state index contributed by atoms with van der Waals surface area (Å²) < 4.78 is 19.0. The lowest BCUT2D eigenvalue weighted by atomic mass is 10.0. The zero-order valence-electron chi connectivity index (χ0n) is 16.4. The maximum atomic E-state index is 13.7. The molecule has 0 N–H and O–H groups in total. The van der Waals surface area contributed by atoms with E-state index in [-0.39, 0.29) is 17.6 Å². The van der Waals surface area contributed by atoms with Crippen molar-refractivity contribution in [2.24, 2.45) is 0 Å². The summed E-state index contributed by atoms with van der Waals surface area (Å²) in [5, 5.41) is 3.98. The number of rotatable bonds is 6. The molecule has 27 heavy (non-hydrogen) atoms. The molecular formula is C21H28FN3O2. The Morgan fingerprint density at radius 1 is 1.22 bits per heavy atom.